The van der Waals surface area contributed by atoms with Crippen LogP contribution in [0.25, 0.3) is 0 Å². The number of nitrogens with zero attached hydrogens (tertiary/aromatic N) is 1. The van der Waals surface area contributed by atoms with E-state index in [4.69, 9.17) is 4.42 Å². The van der Waals surface area contributed by atoms with Gasteiger partial charge in [-0.2, -0.15) is 0 Å². The number of carbonyl (C=O) groups excluding carboxylic acids is 1. The van der Waals surface area contributed by atoms with Gasteiger partial charge in [0.25, 0.3) is 0 Å². The summed E-state index contributed by atoms with van der Waals surface area (Å²) >= 11 is 1.47. The molecule has 66 valence electrons. The second-order valence-corrected chi connectivity index (χ2v) is 3.48. The van der Waals surface area contributed by atoms with Gasteiger partial charge in [-0.25, -0.2) is 4.98 Å². The van der Waals surface area contributed by atoms with Crippen LogP contribution in [-0.2, 0) is 6.42 Å². The van der Waals surface area contributed by atoms with Crippen molar-refractivity contribution in [3.63, 3.8) is 0 Å². The van der Waals surface area contributed by atoms with E-state index < -0.39 is 0 Å². The third-order valence-corrected chi connectivity index (χ3v) is 2.37. The lowest BCUT2D eigenvalue weighted by Crippen LogP contribution is -2.01. The van der Waals surface area contributed by atoms with Crippen molar-refractivity contribution in [3.05, 3.63) is 40.7 Å². The molecule has 0 fully saturated rings. The maximum absolute atomic E-state index is 11.4. The number of hydrogen-bond acceptors (Lipinski definition) is 4. The number of aromatic nitrogens is 1. The standard InChI is InChI=1S/C9H7NO2S/c11-7(8-2-1-4-12-8)6-9-10-3-5-13-9/h1-5H,6H2. The molecule has 0 aliphatic carbocycles. The van der Waals surface area contributed by atoms with Gasteiger partial charge in [0.2, 0.25) is 5.78 Å². The molecule has 0 N–H and O–H groups in total. The number of furan rings is 1. The van der Waals surface area contributed by atoms with Crippen LogP contribution < -0.4 is 0 Å². The van der Waals surface area contributed by atoms with Crippen molar-refractivity contribution in [2.75, 3.05) is 0 Å². The molecule has 2 aromatic rings. The Hall–Kier alpha value is -1.42. The second-order valence-electron chi connectivity index (χ2n) is 2.50. The number of carbonyl (C=O) groups is 1. The predicted octanol–water partition coefficient (Wildman–Crippen LogP) is 2.16. The van der Waals surface area contributed by atoms with Crippen LogP contribution in [0.15, 0.2) is 34.4 Å². The second kappa shape index (κ2) is 3.53. The van der Waals surface area contributed by atoms with Gasteiger partial charge in [0.05, 0.1) is 12.7 Å². The monoisotopic (exact) mass is 193 g/mol. The summed E-state index contributed by atoms with van der Waals surface area (Å²) < 4.78 is 4.97. The lowest BCUT2D eigenvalue weighted by atomic mass is 10.2. The summed E-state index contributed by atoms with van der Waals surface area (Å²) in [4.78, 5) is 15.5. The molecule has 0 radical (unpaired) electrons. The zero-order valence-electron chi connectivity index (χ0n) is 6.77. The summed E-state index contributed by atoms with van der Waals surface area (Å²) in [6.07, 6.45) is 3.51. The topological polar surface area (TPSA) is 43.1 Å². The van der Waals surface area contributed by atoms with E-state index in [9.17, 15) is 4.79 Å². The fourth-order valence-electron chi connectivity index (χ4n) is 1.00. The molecule has 0 unspecified atom stereocenters. The van der Waals surface area contributed by atoms with E-state index in [1.54, 1.807) is 18.3 Å². The number of hydrogen-bond donors (Lipinski definition) is 0. The van der Waals surface area contributed by atoms with Gasteiger partial charge in [0.1, 0.15) is 5.01 Å². The van der Waals surface area contributed by atoms with Crippen molar-refractivity contribution < 1.29 is 9.21 Å². The van der Waals surface area contributed by atoms with E-state index in [1.807, 2.05) is 5.38 Å². The van der Waals surface area contributed by atoms with Crippen molar-refractivity contribution in [1.29, 1.82) is 0 Å². The molecule has 13 heavy (non-hydrogen) atoms. The van der Waals surface area contributed by atoms with E-state index in [0.717, 1.165) is 5.01 Å². The van der Waals surface area contributed by atoms with Gasteiger partial charge in [0.15, 0.2) is 5.76 Å². The first kappa shape index (κ1) is 8.19. The normalized spacial score (nSPS) is 10.2. The number of ketones is 1. The third-order valence-electron chi connectivity index (χ3n) is 1.59. The molecule has 4 heteroatoms. The lowest BCUT2D eigenvalue weighted by molar-refractivity contribution is 0.0966. The Labute approximate surface area is 79.0 Å². The summed E-state index contributed by atoms with van der Waals surface area (Å²) in [5.41, 5.74) is 0. The highest BCUT2D eigenvalue weighted by molar-refractivity contribution is 7.09. The van der Waals surface area contributed by atoms with Crippen molar-refractivity contribution in [3.8, 4) is 0 Å². The zero-order valence-corrected chi connectivity index (χ0v) is 7.58. The summed E-state index contributed by atoms with van der Waals surface area (Å²) in [5, 5.41) is 2.67. The van der Waals surface area contributed by atoms with E-state index in [-0.39, 0.29) is 5.78 Å². The summed E-state index contributed by atoms with van der Waals surface area (Å²) in [7, 11) is 0. The minimum atomic E-state index is -0.0278. The lowest BCUT2D eigenvalue weighted by Gasteiger charge is -1.91. The van der Waals surface area contributed by atoms with Gasteiger partial charge in [-0.3, -0.25) is 4.79 Å². The Balaban J connectivity index is 2.08. The molecule has 0 aromatic carbocycles. The molecule has 3 nitrogen and oxygen atoms in total. The van der Waals surface area contributed by atoms with Crippen LogP contribution in [-0.4, -0.2) is 10.8 Å². The maximum Gasteiger partial charge on any atom is 0.204 e. The van der Waals surface area contributed by atoms with Crippen LogP contribution >= 0.6 is 11.3 Å². The molecule has 0 spiro atoms. The Kier molecular flexibility index (Phi) is 2.23. The first-order valence-corrected chi connectivity index (χ1v) is 4.69. The summed E-state index contributed by atoms with van der Waals surface area (Å²) in [6, 6.07) is 3.37. The van der Waals surface area contributed by atoms with Gasteiger partial charge in [-0.05, 0) is 12.1 Å². The van der Waals surface area contributed by atoms with Gasteiger partial charge >= 0.3 is 0 Å². The molecule has 0 aliphatic heterocycles. The van der Waals surface area contributed by atoms with E-state index in [1.165, 1.54) is 17.6 Å². The molecule has 0 saturated heterocycles. The quantitative estimate of drug-likeness (QED) is 0.701. The smallest absolute Gasteiger partial charge is 0.204 e. The highest BCUT2D eigenvalue weighted by Crippen LogP contribution is 2.09. The third kappa shape index (κ3) is 1.84. The fourth-order valence-corrected chi connectivity index (χ4v) is 1.62. The molecule has 2 rings (SSSR count). The number of Topliss-reactive ketones (excluding diaryl/α,β-unsaturated/α-hetero) is 1. The average Bonchev–Trinajstić information content (AvgIpc) is 2.74. The van der Waals surface area contributed by atoms with Gasteiger partial charge in [-0.1, -0.05) is 0 Å². The zero-order chi connectivity index (χ0) is 9.10. The molecule has 0 bridgehead atoms. The van der Waals surface area contributed by atoms with E-state index >= 15 is 0 Å². The van der Waals surface area contributed by atoms with Crippen LogP contribution in [0.2, 0.25) is 0 Å². The van der Waals surface area contributed by atoms with E-state index in [0.29, 0.717) is 12.2 Å². The Bertz CT molecular complexity index is 378. The fraction of sp³-hybridized carbons (Fsp3) is 0.111. The Morgan fingerprint density at radius 2 is 2.54 bits per heavy atom. The van der Waals surface area contributed by atoms with Crippen molar-refractivity contribution in [2.24, 2.45) is 0 Å². The van der Waals surface area contributed by atoms with Gasteiger partial charge in [0, 0.05) is 11.6 Å². The van der Waals surface area contributed by atoms with Crippen molar-refractivity contribution in [2.45, 2.75) is 6.42 Å². The molecular formula is C9H7NO2S. The maximum atomic E-state index is 11.4. The number of rotatable bonds is 3. The van der Waals surface area contributed by atoms with Crippen LogP contribution in [0.4, 0.5) is 0 Å². The average molecular weight is 193 g/mol. The Morgan fingerprint density at radius 1 is 1.62 bits per heavy atom. The molecule has 0 amide bonds. The van der Waals surface area contributed by atoms with Crippen molar-refractivity contribution >= 4 is 17.1 Å². The first-order valence-electron chi connectivity index (χ1n) is 3.81. The molecule has 0 aliphatic rings. The van der Waals surface area contributed by atoms with Gasteiger partial charge in [-0.15, -0.1) is 11.3 Å². The highest BCUT2D eigenvalue weighted by Gasteiger charge is 2.10. The van der Waals surface area contributed by atoms with Crippen LogP contribution in [0.5, 0.6) is 0 Å². The first-order chi connectivity index (χ1) is 6.36. The van der Waals surface area contributed by atoms with E-state index in [2.05, 4.69) is 4.98 Å². The van der Waals surface area contributed by atoms with Gasteiger partial charge < -0.3 is 4.42 Å². The highest BCUT2D eigenvalue weighted by atomic mass is 32.1. The van der Waals surface area contributed by atoms with Crippen LogP contribution in [0.1, 0.15) is 15.6 Å². The van der Waals surface area contributed by atoms with Crippen molar-refractivity contribution in [1.82, 2.24) is 4.98 Å². The summed E-state index contributed by atoms with van der Waals surface area (Å²) in [6.45, 7) is 0. The largest absolute Gasteiger partial charge is 0.461 e. The SMILES string of the molecule is O=C(Cc1nccs1)c1ccco1. The molecule has 0 saturated carbocycles. The minimum Gasteiger partial charge on any atom is -0.461 e. The predicted molar refractivity (Wildman–Crippen MR) is 48.9 cm³/mol. The molecule has 2 aromatic heterocycles. The number of thiazole rings is 1. The van der Waals surface area contributed by atoms with Crippen LogP contribution in [0, 0.1) is 0 Å². The molecule has 2 heterocycles. The minimum absolute atomic E-state index is 0.0278. The van der Waals surface area contributed by atoms with Crippen LogP contribution in [0.3, 0.4) is 0 Å². The summed E-state index contributed by atoms with van der Waals surface area (Å²) in [5.74, 6) is 0.371. The Morgan fingerprint density at radius 3 is 3.15 bits per heavy atom. The molecule has 0 atom stereocenters. The molecular weight excluding hydrogens is 186 g/mol.